The van der Waals surface area contributed by atoms with Gasteiger partial charge in [-0.15, -0.1) is 0 Å². The summed E-state index contributed by atoms with van der Waals surface area (Å²) in [4.78, 5) is 0. The smallest absolute Gasteiger partial charge is 0.143 e. The zero-order valence-corrected chi connectivity index (χ0v) is 11.6. The number of nitrogens with zero attached hydrogens (tertiary/aromatic N) is 1. The summed E-state index contributed by atoms with van der Waals surface area (Å²) in [5.41, 5.74) is 3.21. The molecule has 0 spiro atoms. The minimum absolute atomic E-state index is 0.719. The van der Waals surface area contributed by atoms with E-state index in [2.05, 4.69) is 16.0 Å². The number of hydrogen-bond donors (Lipinski definition) is 1. The van der Waals surface area contributed by atoms with E-state index >= 15 is 0 Å². The van der Waals surface area contributed by atoms with E-state index in [1.807, 2.05) is 38.4 Å². The van der Waals surface area contributed by atoms with Gasteiger partial charge in [-0.3, -0.25) is 0 Å². The Balaban J connectivity index is 2.18. The summed E-state index contributed by atoms with van der Waals surface area (Å²) in [6.07, 6.45) is 2.03. The second-order valence-corrected chi connectivity index (χ2v) is 4.67. The van der Waals surface area contributed by atoms with E-state index in [9.17, 15) is 0 Å². The van der Waals surface area contributed by atoms with Crippen molar-refractivity contribution in [1.29, 1.82) is 0 Å². The van der Waals surface area contributed by atoms with Gasteiger partial charge >= 0.3 is 0 Å². The van der Waals surface area contributed by atoms with Gasteiger partial charge < -0.3 is 14.6 Å². The number of anilines is 1. The van der Waals surface area contributed by atoms with Gasteiger partial charge in [0.25, 0.3) is 0 Å². The van der Waals surface area contributed by atoms with E-state index in [1.165, 1.54) is 5.69 Å². The zero-order chi connectivity index (χ0) is 13.1. The quantitative estimate of drug-likeness (QED) is 0.913. The number of aryl methyl sites for hydroxylation is 2. The molecule has 0 bridgehead atoms. The van der Waals surface area contributed by atoms with Crippen LogP contribution in [0.1, 0.15) is 11.3 Å². The number of aromatic nitrogens is 1. The molecule has 96 valence electrons. The largest absolute Gasteiger partial charge is 0.495 e. The molecule has 3 nitrogen and oxygen atoms in total. The lowest BCUT2D eigenvalue weighted by Crippen LogP contribution is -2.05. The van der Waals surface area contributed by atoms with Crippen molar-refractivity contribution in [3.63, 3.8) is 0 Å². The number of hydrogen-bond acceptors (Lipinski definition) is 2. The van der Waals surface area contributed by atoms with Gasteiger partial charge in [-0.05, 0) is 30.7 Å². The van der Waals surface area contributed by atoms with Crippen molar-refractivity contribution in [3.8, 4) is 5.75 Å². The molecular formula is C14H17ClN2O. The molecular weight excluding hydrogens is 248 g/mol. The number of methoxy groups -OCH3 is 1. The molecule has 1 aromatic carbocycles. The Bertz CT molecular complexity index is 549. The highest BCUT2D eigenvalue weighted by Crippen LogP contribution is 2.31. The van der Waals surface area contributed by atoms with Gasteiger partial charge in [0.15, 0.2) is 0 Å². The third kappa shape index (κ3) is 2.62. The summed E-state index contributed by atoms with van der Waals surface area (Å²) >= 11 is 6.08. The van der Waals surface area contributed by atoms with Crippen molar-refractivity contribution in [3.05, 3.63) is 46.7 Å². The molecule has 1 aromatic heterocycles. The zero-order valence-electron chi connectivity index (χ0n) is 10.8. The molecule has 4 heteroatoms. The lowest BCUT2D eigenvalue weighted by Gasteiger charge is -2.13. The van der Waals surface area contributed by atoms with Crippen LogP contribution < -0.4 is 10.1 Å². The maximum atomic E-state index is 6.08. The van der Waals surface area contributed by atoms with Crippen LogP contribution in [0.25, 0.3) is 0 Å². The van der Waals surface area contributed by atoms with E-state index in [1.54, 1.807) is 7.11 Å². The molecule has 1 N–H and O–H groups in total. The van der Waals surface area contributed by atoms with Crippen LogP contribution >= 0.6 is 11.6 Å². The van der Waals surface area contributed by atoms with Crippen molar-refractivity contribution in [2.75, 3.05) is 12.4 Å². The van der Waals surface area contributed by atoms with E-state index < -0.39 is 0 Å². The molecule has 0 saturated heterocycles. The minimum Gasteiger partial charge on any atom is -0.495 e. The van der Waals surface area contributed by atoms with Crippen molar-refractivity contribution in [2.45, 2.75) is 13.5 Å². The highest BCUT2D eigenvalue weighted by molar-refractivity contribution is 6.31. The van der Waals surface area contributed by atoms with Crippen LogP contribution in [0.2, 0.25) is 5.02 Å². The van der Waals surface area contributed by atoms with E-state index in [4.69, 9.17) is 16.3 Å². The summed E-state index contributed by atoms with van der Waals surface area (Å²) in [6, 6.07) is 7.96. The normalized spacial score (nSPS) is 10.4. The highest BCUT2D eigenvalue weighted by Gasteiger charge is 2.07. The number of nitrogens with one attached hydrogen (secondary N) is 1. The van der Waals surface area contributed by atoms with Crippen LogP contribution in [0.15, 0.2) is 30.5 Å². The molecule has 18 heavy (non-hydrogen) atoms. The first kappa shape index (κ1) is 12.8. The Morgan fingerprint density at radius 3 is 2.78 bits per heavy atom. The summed E-state index contributed by atoms with van der Waals surface area (Å²) in [7, 11) is 3.68. The first-order valence-corrected chi connectivity index (χ1v) is 6.18. The second kappa shape index (κ2) is 5.36. The average molecular weight is 265 g/mol. The molecule has 1 heterocycles. The summed E-state index contributed by atoms with van der Waals surface area (Å²) in [5.74, 6) is 0.764. The first-order chi connectivity index (χ1) is 8.61. The Hall–Kier alpha value is -1.61. The van der Waals surface area contributed by atoms with Gasteiger partial charge in [0.05, 0.1) is 19.3 Å². The Labute approximate surface area is 112 Å². The van der Waals surface area contributed by atoms with Crippen molar-refractivity contribution in [1.82, 2.24) is 4.57 Å². The molecule has 0 saturated carbocycles. The molecule has 0 fully saturated rings. The van der Waals surface area contributed by atoms with Crippen LogP contribution in [-0.4, -0.2) is 11.7 Å². The van der Waals surface area contributed by atoms with Gasteiger partial charge in [0, 0.05) is 30.0 Å². The van der Waals surface area contributed by atoms with Crippen LogP contribution in [-0.2, 0) is 13.6 Å². The first-order valence-electron chi connectivity index (χ1n) is 5.80. The lowest BCUT2D eigenvalue weighted by molar-refractivity contribution is 0.416. The molecule has 0 aliphatic heterocycles. The number of rotatable bonds is 4. The molecule has 2 aromatic rings. The van der Waals surface area contributed by atoms with E-state index in [0.717, 1.165) is 28.6 Å². The van der Waals surface area contributed by atoms with Crippen LogP contribution in [0.5, 0.6) is 5.75 Å². The molecule has 0 aliphatic carbocycles. The maximum absolute atomic E-state index is 6.08. The fourth-order valence-corrected chi connectivity index (χ4v) is 1.99. The van der Waals surface area contributed by atoms with Gasteiger partial charge in [-0.1, -0.05) is 11.6 Å². The number of ether oxygens (including phenoxy) is 1. The van der Waals surface area contributed by atoms with Gasteiger partial charge in [0.2, 0.25) is 0 Å². The molecule has 0 aliphatic rings. The molecule has 2 rings (SSSR count). The molecule has 0 unspecified atom stereocenters. The van der Waals surface area contributed by atoms with E-state index in [0.29, 0.717) is 0 Å². The van der Waals surface area contributed by atoms with Crippen LogP contribution in [0.4, 0.5) is 5.69 Å². The van der Waals surface area contributed by atoms with Crippen LogP contribution in [0, 0.1) is 6.92 Å². The third-order valence-corrected chi connectivity index (χ3v) is 3.40. The van der Waals surface area contributed by atoms with Crippen molar-refractivity contribution >= 4 is 17.3 Å². The van der Waals surface area contributed by atoms with Crippen molar-refractivity contribution in [2.24, 2.45) is 7.05 Å². The van der Waals surface area contributed by atoms with Crippen molar-refractivity contribution < 1.29 is 4.74 Å². The summed E-state index contributed by atoms with van der Waals surface area (Å²) in [5, 5.41) is 4.09. The highest BCUT2D eigenvalue weighted by atomic mass is 35.5. The lowest BCUT2D eigenvalue weighted by atomic mass is 10.2. The summed E-state index contributed by atoms with van der Waals surface area (Å²) in [6.45, 7) is 2.73. The Morgan fingerprint density at radius 1 is 1.39 bits per heavy atom. The average Bonchev–Trinajstić information content (AvgIpc) is 2.76. The Morgan fingerprint density at radius 2 is 2.17 bits per heavy atom. The third-order valence-electron chi connectivity index (χ3n) is 2.99. The molecule has 0 radical (unpaired) electrons. The predicted molar refractivity (Wildman–Crippen MR) is 75.5 cm³/mol. The van der Waals surface area contributed by atoms with E-state index in [-0.39, 0.29) is 0 Å². The predicted octanol–water partition coefficient (Wildman–Crippen LogP) is 3.61. The van der Waals surface area contributed by atoms with Gasteiger partial charge in [-0.2, -0.15) is 0 Å². The van der Waals surface area contributed by atoms with Gasteiger partial charge in [-0.25, -0.2) is 0 Å². The summed E-state index contributed by atoms with van der Waals surface area (Å²) < 4.78 is 7.41. The minimum atomic E-state index is 0.719. The second-order valence-electron chi connectivity index (χ2n) is 4.27. The van der Waals surface area contributed by atoms with Crippen LogP contribution in [0.3, 0.4) is 0 Å². The monoisotopic (exact) mass is 264 g/mol. The topological polar surface area (TPSA) is 26.2 Å². The Kier molecular flexibility index (Phi) is 3.82. The standard InChI is InChI=1S/C14H17ClN2O/c1-10-7-13(14(18-3)8-12(10)15)16-9-11-5-4-6-17(11)2/h4-8,16H,9H2,1-3H3. The SMILES string of the molecule is COc1cc(Cl)c(C)cc1NCc1cccn1C. The maximum Gasteiger partial charge on any atom is 0.143 e. The number of halogens is 1. The molecule has 0 amide bonds. The fraction of sp³-hybridized carbons (Fsp3) is 0.286. The number of benzene rings is 1. The fourth-order valence-electron chi connectivity index (χ4n) is 1.84. The van der Waals surface area contributed by atoms with Gasteiger partial charge in [0.1, 0.15) is 5.75 Å². The molecule has 0 atom stereocenters.